The number of rotatable bonds is 6. The summed E-state index contributed by atoms with van der Waals surface area (Å²) < 4.78 is 28.7. The smallest absolute Gasteiger partial charge is 0.349 e. The first-order valence-corrected chi connectivity index (χ1v) is 7.53. The van der Waals surface area contributed by atoms with Gasteiger partial charge in [-0.1, -0.05) is 0 Å². The van der Waals surface area contributed by atoms with Crippen LogP contribution in [0.5, 0.6) is 11.5 Å². The lowest BCUT2D eigenvalue weighted by Gasteiger charge is -2.17. The summed E-state index contributed by atoms with van der Waals surface area (Å²) in [5.41, 5.74) is 0.970. The fourth-order valence-corrected chi connectivity index (χ4v) is 2.54. The van der Waals surface area contributed by atoms with Crippen molar-refractivity contribution in [2.24, 2.45) is 0 Å². The van der Waals surface area contributed by atoms with E-state index in [0.29, 0.717) is 12.3 Å². The summed E-state index contributed by atoms with van der Waals surface area (Å²) in [6.07, 6.45) is -0.775. The number of methoxy groups -OCH3 is 2. The first-order chi connectivity index (χ1) is 11.6. The molecule has 0 bridgehead atoms. The monoisotopic (exact) mass is 331 g/mol. The van der Waals surface area contributed by atoms with Crippen LogP contribution in [0.4, 0.5) is 10.1 Å². The van der Waals surface area contributed by atoms with Crippen LogP contribution in [0.15, 0.2) is 48.5 Å². The van der Waals surface area contributed by atoms with Crippen LogP contribution in [-0.4, -0.2) is 38.9 Å². The van der Waals surface area contributed by atoms with Crippen molar-refractivity contribution in [3.05, 3.63) is 54.3 Å². The zero-order valence-electron chi connectivity index (χ0n) is 13.4. The second-order valence-electron chi connectivity index (χ2n) is 5.43. The van der Waals surface area contributed by atoms with Gasteiger partial charge in [0.1, 0.15) is 17.3 Å². The van der Waals surface area contributed by atoms with Crippen molar-refractivity contribution >= 4 is 11.7 Å². The molecule has 1 fully saturated rings. The van der Waals surface area contributed by atoms with E-state index in [0.717, 1.165) is 11.4 Å². The largest absolute Gasteiger partial charge is 0.497 e. The second-order valence-corrected chi connectivity index (χ2v) is 5.43. The number of benzene rings is 2. The molecule has 0 spiro atoms. The standard InChI is InChI=1S/C18H18FNO4/c1-22-14-9-5-13(6-10-14)20-11-16(20)17(18(21)23-2)24-15-7-3-12(19)4-8-15/h3-10,16-17H,11H2,1-2H3/t16-,17+,20?/m1/s1. The third-order valence-corrected chi connectivity index (χ3v) is 3.91. The summed E-state index contributed by atoms with van der Waals surface area (Å²) in [5.74, 6) is 0.376. The predicted octanol–water partition coefficient (Wildman–Crippen LogP) is 2.64. The number of carbonyl (C=O) groups is 1. The lowest BCUT2D eigenvalue weighted by atomic mass is 10.2. The molecule has 1 aliphatic rings. The maximum absolute atomic E-state index is 13.0. The zero-order chi connectivity index (χ0) is 17.1. The summed E-state index contributed by atoms with van der Waals surface area (Å²) in [4.78, 5) is 14.1. The van der Waals surface area contributed by atoms with Gasteiger partial charge in [-0.25, -0.2) is 9.18 Å². The Bertz CT molecular complexity index is 702. The van der Waals surface area contributed by atoms with E-state index in [1.54, 1.807) is 7.11 Å². The Morgan fingerprint density at radius 2 is 1.71 bits per heavy atom. The van der Waals surface area contributed by atoms with Gasteiger partial charge in [-0.2, -0.15) is 0 Å². The molecule has 6 heteroatoms. The Morgan fingerprint density at radius 3 is 2.29 bits per heavy atom. The van der Waals surface area contributed by atoms with E-state index < -0.39 is 12.1 Å². The van der Waals surface area contributed by atoms with Crippen LogP contribution in [0.2, 0.25) is 0 Å². The Morgan fingerprint density at radius 1 is 1.08 bits per heavy atom. The van der Waals surface area contributed by atoms with Gasteiger partial charge in [-0.3, -0.25) is 0 Å². The number of carbonyl (C=O) groups excluding carboxylic acids is 1. The summed E-state index contributed by atoms with van der Waals surface area (Å²) in [6.45, 7) is 0.674. The zero-order valence-corrected chi connectivity index (χ0v) is 13.4. The van der Waals surface area contributed by atoms with Crippen LogP contribution in [0.1, 0.15) is 0 Å². The molecule has 5 nitrogen and oxygen atoms in total. The van der Waals surface area contributed by atoms with E-state index >= 15 is 0 Å². The molecule has 2 aromatic rings. The molecular formula is C18H18FNO4. The van der Waals surface area contributed by atoms with Crippen molar-refractivity contribution in [2.75, 3.05) is 25.7 Å². The highest BCUT2D eigenvalue weighted by Gasteiger charge is 2.46. The topological polar surface area (TPSA) is 47.8 Å². The molecule has 1 saturated heterocycles. The van der Waals surface area contributed by atoms with Crippen LogP contribution >= 0.6 is 0 Å². The van der Waals surface area contributed by atoms with E-state index in [1.165, 1.54) is 31.4 Å². The van der Waals surface area contributed by atoms with E-state index in [9.17, 15) is 9.18 Å². The normalized spacial score (nSPS) is 17.1. The summed E-state index contributed by atoms with van der Waals surface area (Å²) in [5, 5.41) is 0. The molecule has 0 aliphatic carbocycles. The lowest BCUT2D eigenvalue weighted by Crippen LogP contribution is -2.35. The minimum absolute atomic E-state index is 0.129. The molecule has 2 aromatic carbocycles. The number of anilines is 1. The Hall–Kier alpha value is -2.76. The van der Waals surface area contributed by atoms with Crippen molar-refractivity contribution in [3.8, 4) is 11.5 Å². The summed E-state index contributed by atoms with van der Waals surface area (Å²) in [6, 6.07) is 13.0. The van der Waals surface area contributed by atoms with Crippen LogP contribution in [-0.2, 0) is 9.53 Å². The van der Waals surface area contributed by atoms with Gasteiger partial charge >= 0.3 is 5.97 Å². The van der Waals surface area contributed by atoms with Gasteiger partial charge in [0.05, 0.1) is 20.3 Å². The first kappa shape index (κ1) is 16.1. The Kier molecular flexibility index (Phi) is 4.55. The van der Waals surface area contributed by atoms with Gasteiger partial charge in [-0.15, -0.1) is 0 Å². The van der Waals surface area contributed by atoms with Crippen LogP contribution in [0, 0.1) is 5.82 Å². The lowest BCUT2D eigenvalue weighted by molar-refractivity contribution is -0.148. The fourth-order valence-electron chi connectivity index (χ4n) is 2.54. The molecule has 1 heterocycles. The molecule has 0 aromatic heterocycles. The first-order valence-electron chi connectivity index (χ1n) is 7.53. The fraction of sp³-hybridized carbons (Fsp3) is 0.278. The number of nitrogens with zero attached hydrogens (tertiary/aromatic N) is 1. The highest BCUT2D eigenvalue weighted by molar-refractivity contribution is 5.78. The van der Waals surface area contributed by atoms with Crippen LogP contribution in [0.25, 0.3) is 0 Å². The number of esters is 1. The molecule has 0 unspecified atom stereocenters. The van der Waals surface area contributed by atoms with Crippen molar-refractivity contribution in [1.82, 2.24) is 0 Å². The van der Waals surface area contributed by atoms with Crippen molar-refractivity contribution in [1.29, 1.82) is 0 Å². The van der Waals surface area contributed by atoms with E-state index in [4.69, 9.17) is 14.2 Å². The van der Waals surface area contributed by atoms with Crippen molar-refractivity contribution in [3.63, 3.8) is 0 Å². The summed E-state index contributed by atoms with van der Waals surface area (Å²) >= 11 is 0. The molecule has 0 N–H and O–H groups in total. The van der Waals surface area contributed by atoms with E-state index in [-0.39, 0.29) is 11.9 Å². The van der Waals surface area contributed by atoms with Crippen molar-refractivity contribution in [2.45, 2.75) is 12.1 Å². The highest BCUT2D eigenvalue weighted by Crippen LogP contribution is 2.33. The second kappa shape index (κ2) is 6.78. The summed E-state index contributed by atoms with van der Waals surface area (Å²) in [7, 11) is 2.93. The number of ether oxygens (including phenoxy) is 3. The number of hydrogen-bond acceptors (Lipinski definition) is 5. The molecule has 0 amide bonds. The molecular weight excluding hydrogens is 313 g/mol. The molecule has 3 rings (SSSR count). The highest BCUT2D eigenvalue weighted by atomic mass is 19.1. The third kappa shape index (κ3) is 3.42. The number of halogens is 1. The third-order valence-electron chi connectivity index (χ3n) is 3.91. The molecule has 24 heavy (non-hydrogen) atoms. The van der Waals surface area contributed by atoms with Crippen LogP contribution in [0.3, 0.4) is 0 Å². The average Bonchev–Trinajstić information content (AvgIpc) is 3.41. The maximum atomic E-state index is 13.0. The quantitative estimate of drug-likeness (QED) is 0.602. The Labute approximate surface area is 139 Å². The van der Waals surface area contributed by atoms with Gasteiger partial charge in [0.15, 0.2) is 0 Å². The Balaban J connectivity index is 1.72. The molecule has 2 atom stereocenters. The average molecular weight is 331 g/mol. The minimum atomic E-state index is -0.775. The van der Waals surface area contributed by atoms with Crippen molar-refractivity contribution < 1.29 is 23.4 Å². The van der Waals surface area contributed by atoms with Gasteiger partial charge < -0.3 is 19.1 Å². The molecule has 0 radical (unpaired) electrons. The van der Waals surface area contributed by atoms with Crippen LogP contribution < -0.4 is 14.4 Å². The van der Waals surface area contributed by atoms with Gasteiger partial charge in [-0.05, 0) is 48.5 Å². The molecule has 126 valence electrons. The minimum Gasteiger partial charge on any atom is -0.497 e. The molecule has 0 saturated carbocycles. The van der Waals surface area contributed by atoms with Gasteiger partial charge in [0.2, 0.25) is 6.10 Å². The van der Waals surface area contributed by atoms with Gasteiger partial charge in [0.25, 0.3) is 0 Å². The van der Waals surface area contributed by atoms with Gasteiger partial charge in [0, 0.05) is 12.2 Å². The molecule has 1 aliphatic heterocycles. The van der Waals surface area contributed by atoms with E-state index in [2.05, 4.69) is 0 Å². The maximum Gasteiger partial charge on any atom is 0.349 e. The number of hydrogen-bond donors (Lipinski definition) is 0. The SMILES string of the molecule is COC(=O)[C@@H](Oc1ccc(F)cc1)[C@H]1CN1c1ccc(OC)cc1. The van der Waals surface area contributed by atoms with E-state index in [1.807, 2.05) is 29.2 Å². The predicted molar refractivity (Wildman–Crippen MR) is 87.0 cm³/mol.